The smallest absolute Gasteiger partial charge is 0.0107 e. The Morgan fingerprint density at radius 3 is 1.84 bits per heavy atom. The highest BCUT2D eigenvalue weighted by Crippen LogP contribution is 1.95. The molecular weight excluding hydrogens is 234 g/mol. The van der Waals surface area contributed by atoms with Gasteiger partial charge in [-0.1, -0.05) is 40.5 Å². The molecule has 0 heterocycles. The molecule has 0 saturated heterocycles. The summed E-state index contributed by atoms with van der Waals surface area (Å²) in [4.78, 5) is 2.58. The molecule has 0 saturated carbocycles. The first kappa shape index (κ1) is 21.2. The average molecular weight is 274 g/mol. The number of rotatable bonds is 12. The number of nitrogens with two attached hydrogens (primary N) is 1. The first-order valence-electron chi connectivity index (χ1n) is 8.39. The molecule has 0 aromatic rings. The standard InChI is InChI=1S/C12H28N2.C4H11N/c1-4-7-11-14(10-6-3)12-9-13-8-5-2;1-2-3-4-5/h13H,4-12H2,1-3H3;2-5H2,1H3. The van der Waals surface area contributed by atoms with Gasteiger partial charge in [-0.25, -0.2) is 0 Å². The fraction of sp³-hybridized carbons (Fsp3) is 1.00. The molecule has 0 fully saturated rings. The second-order valence-corrected chi connectivity index (χ2v) is 5.09. The predicted octanol–water partition coefficient (Wildman–Crippen LogP) is 3.24. The summed E-state index contributed by atoms with van der Waals surface area (Å²) < 4.78 is 0. The molecule has 0 aromatic carbocycles. The van der Waals surface area contributed by atoms with Crippen LogP contribution in [0.2, 0.25) is 0 Å². The van der Waals surface area contributed by atoms with E-state index in [1.165, 1.54) is 58.2 Å². The van der Waals surface area contributed by atoms with Crippen LogP contribution in [-0.2, 0) is 0 Å². The second-order valence-electron chi connectivity index (χ2n) is 5.09. The van der Waals surface area contributed by atoms with Crippen molar-refractivity contribution in [3.8, 4) is 0 Å². The highest BCUT2D eigenvalue weighted by atomic mass is 15.1. The summed E-state index contributed by atoms with van der Waals surface area (Å²) in [5, 5.41) is 3.46. The Bertz CT molecular complexity index is 138. The van der Waals surface area contributed by atoms with Crippen molar-refractivity contribution >= 4 is 0 Å². The first-order valence-corrected chi connectivity index (χ1v) is 8.39. The molecule has 0 bridgehead atoms. The van der Waals surface area contributed by atoms with Crippen LogP contribution < -0.4 is 11.1 Å². The maximum atomic E-state index is 5.14. The number of unbranched alkanes of at least 4 members (excludes halogenated alkanes) is 2. The highest BCUT2D eigenvalue weighted by molar-refractivity contribution is 4.59. The molecule has 0 rings (SSSR count). The van der Waals surface area contributed by atoms with E-state index in [9.17, 15) is 0 Å². The minimum atomic E-state index is 0.844. The van der Waals surface area contributed by atoms with E-state index in [2.05, 4.69) is 37.9 Å². The topological polar surface area (TPSA) is 41.3 Å². The van der Waals surface area contributed by atoms with Crippen molar-refractivity contribution in [3.63, 3.8) is 0 Å². The van der Waals surface area contributed by atoms with Crippen LogP contribution in [0.5, 0.6) is 0 Å². The zero-order valence-corrected chi connectivity index (χ0v) is 14.0. The van der Waals surface area contributed by atoms with Crippen molar-refractivity contribution in [3.05, 3.63) is 0 Å². The Morgan fingerprint density at radius 2 is 1.42 bits per heavy atom. The second kappa shape index (κ2) is 20.2. The average Bonchev–Trinajstić information content (AvgIpc) is 2.42. The third-order valence-electron chi connectivity index (χ3n) is 2.96. The lowest BCUT2D eigenvalue weighted by molar-refractivity contribution is 0.269. The van der Waals surface area contributed by atoms with E-state index < -0.39 is 0 Å². The molecule has 3 nitrogen and oxygen atoms in total. The fourth-order valence-corrected chi connectivity index (χ4v) is 1.78. The molecule has 0 aliphatic carbocycles. The molecule has 0 amide bonds. The molecule has 0 radical (unpaired) electrons. The van der Waals surface area contributed by atoms with Gasteiger partial charge >= 0.3 is 0 Å². The van der Waals surface area contributed by atoms with Crippen LogP contribution in [0, 0.1) is 0 Å². The van der Waals surface area contributed by atoms with Crippen molar-refractivity contribution in [2.45, 2.75) is 66.2 Å². The Labute approximate surface area is 122 Å². The van der Waals surface area contributed by atoms with Crippen LogP contribution >= 0.6 is 0 Å². The molecule has 0 aliphatic heterocycles. The van der Waals surface area contributed by atoms with Crippen LogP contribution in [-0.4, -0.2) is 44.2 Å². The zero-order chi connectivity index (χ0) is 14.8. The van der Waals surface area contributed by atoms with Crippen LogP contribution in [0.4, 0.5) is 0 Å². The molecule has 0 aliphatic rings. The van der Waals surface area contributed by atoms with Gasteiger partial charge in [-0.3, -0.25) is 0 Å². The van der Waals surface area contributed by atoms with Gasteiger partial charge in [0, 0.05) is 13.1 Å². The Hall–Kier alpha value is -0.120. The lowest BCUT2D eigenvalue weighted by Gasteiger charge is -2.21. The third-order valence-corrected chi connectivity index (χ3v) is 2.96. The van der Waals surface area contributed by atoms with E-state index in [1.54, 1.807) is 0 Å². The summed E-state index contributed by atoms with van der Waals surface area (Å²) in [5.74, 6) is 0. The Kier molecular flexibility index (Phi) is 22.5. The number of hydrogen-bond acceptors (Lipinski definition) is 3. The van der Waals surface area contributed by atoms with Crippen LogP contribution in [0.3, 0.4) is 0 Å². The van der Waals surface area contributed by atoms with Gasteiger partial charge in [-0.15, -0.1) is 0 Å². The zero-order valence-electron chi connectivity index (χ0n) is 14.0. The summed E-state index contributed by atoms with van der Waals surface area (Å²) in [6.07, 6.45) is 7.55. The van der Waals surface area contributed by atoms with E-state index in [-0.39, 0.29) is 0 Å². The molecule has 3 heteroatoms. The van der Waals surface area contributed by atoms with Gasteiger partial charge in [-0.05, 0) is 51.9 Å². The van der Waals surface area contributed by atoms with Crippen LogP contribution in [0.1, 0.15) is 66.2 Å². The van der Waals surface area contributed by atoms with Crippen molar-refractivity contribution in [2.75, 3.05) is 39.3 Å². The third kappa shape index (κ3) is 20.4. The maximum Gasteiger partial charge on any atom is 0.0107 e. The predicted molar refractivity (Wildman–Crippen MR) is 88.8 cm³/mol. The van der Waals surface area contributed by atoms with Crippen LogP contribution in [0.15, 0.2) is 0 Å². The van der Waals surface area contributed by atoms with E-state index in [4.69, 9.17) is 5.73 Å². The summed E-state index contributed by atoms with van der Waals surface area (Å²) in [6, 6.07) is 0. The molecule has 0 aromatic heterocycles. The van der Waals surface area contributed by atoms with Gasteiger partial charge in [0.15, 0.2) is 0 Å². The van der Waals surface area contributed by atoms with Gasteiger partial charge in [-0.2, -0.15) is 0 Å². The Morgan fingerprint density at radius 1 is 0.737 bits per heavy atom. The van der Waals surface area contributed by atoms with Gasteiger partial charge in [0.25, 0.3) is 0 Å². The number of nitrogens with one attached hydrogen (secondary N) is 1. The van der Waals surface area contributed by atoms with Gasteiger partial charge < -0.3 is 16.0 Å². The van der Waals surface area contributed by atoms with Gasteiger partial charge in [0.05, 0.1) is 0 Å². The van der Waals surface area contributed by atoms with Crippen molar-refractivity contribution < 1.29 is 0 Å². The van der Waals surface area contributed by atoms with Crippen LogP contribution in [0.25, 0.3) is 0 Å². The first-order chi connectivity index (χ1) is 9.26. The molecule has 3 N–H and O–H groups in total. The van der Waals surface area contributed by atoms with E-state index in [0.29, 0.717) is 0 Å². The monoisotopic (exact) mass is 273 g/mol. The van der Waals surface area contributed by atoms with E-state index in [0.717, 1.165) is 19.6 Å². The highest BCUT2D eigenvalue weighted by Gasteiger charge is 2.01. The van der Waals surface area contributed by atoms with E-state index in [1.807, 2.05) is 0 Å². The minimum Gasteiger partial charge on any atom is -0.330 e. The molecule has 0 spiro atoms. The summed E-state index contributed by atoms with van der Waals surface area (Å²) in [6.45, 7) is 15.8. The number of hydrogen-bond donors (Lipinski definition) is 2. The summed E-state index contributed by atoms with van der Waals surface area (Å²) >= 11 is 0. The minimum absolute atomic E-state index is 0.844. The van der Waals surface area contributed by atoms with E-state index >= 15 is 0 Å². The maximum absolute atomic E-state index is 5.14. The van der Waals surface area contributed by atoms with Gasteiger partial charge in [0.2, 0.25) is 0 Å². The molecular formula is C16H39N3. The number of nitrogens with zero attached hydrogens (tertiary/aromatic N) is 1. The summed E-state index contributed by atoms with van der Waals surface area (Å²) in [7, 11) is 0. The van der Waals surface area contributed by atoms with Crippen molar-refractivity contribution in [2.24, 2.45) is 5.73 Å². The fourth-order valence-electron chi connectivity index (χ4n) is 1.78. The lowest BCUT2D eigenvalue weighted by atomic mass is 10.3. The lowest BCUT2D eigenvalue weighted by Crippen LogP contribution is -2.33. The summed E-state index contributed by atoms with van der Waals surface area (Å²) in [5.41, 5.74) is 5.14. The molecule has 0 unspecified atom stereocenters. The molecule has 118 valence electrons. The van der Waals surface area contributed by atoms with Crippen molar-refractivity contribution in [1.29, 1.82) is 0 Å². The molecule has 0 atom stereocenters. The molecule has 19 heavy (non-hydrogen) atoms. The van der Waals surface area contributed by atoms with Gasteiger partial charge in [0.1, 0.15) is 0 Å². The normalized spacial score (nSPS) is 10.4. The quantitative estimate of drug-likeness (QED) is 0.536. The Balaban J connectivity index is 0. The van der Waals surface area contributed by atoms with Crippen molar-refractivity contribution in [1.82, 2.24) is 10.2 Å². The SMILES string of the molecule is CCCCN.CCCCN(CCC)CCNCCC. The largest absolute Gasteiger partial charge is 0.330 e.